The number of nitrogens with zero attached hydrogens (tertiary/aromatic N) is 2. The molecule has 1 amide bonds. The maximum Gasteiger partial charge on any atom is 0.239 e. The lowest BCUT2D eigenvalue weighted by Gasteiger charge is -2.25. The van der Waals surface area contributed by atoms with Crippen molar-refractivity contribution in [1.29, 1.82) is 0 Å². The van der Waals surface area contributed by atoms with Crippen LogP contribution in [0.1, 0.15) is 36.7 Å². The van der Waals surface area contributed by atoms with Crippen LogP contribution in [0.5, 0.6) is 0 Å². The third-order valence-electron chi connectivity index (χ3n) is 4.42. The van der Waals surface area contributed by atoms with Gasteiger partial charge in [0.05, 0.1) is 12.6 Å². The lowest BCUT2D eigenvalue weighted by Crippen LogP contribution is -2.37. The molecule has 0 unspecified atom stereocenters. The van der Waals surface area contributed by atoms with Gasteiger partial charge in [0.25, 0.3) is 0 Å². The summed E-state index contributed by atoms with van der Waals surface area (Å²) in [6.07, 6.45) is 2.18. The van der Waals surface area contributed by atoms with Gasteiger partial charge in [0, 0.05) is 12.1 Å². The molecule has 24 heavy (non-hydrogen) atoms. The van der Waals surface area contributed by atoms with Crippen LogP contribution in [-0.4, -0.2) is 40.2 Å². The number of aryl methyl sites for hydroxylation is 1. The van der Waals surface area contributed by atoms with Crippen molar-refractivity contribution in [2.45, 2.75) is 38.3 Å². The quantitative estimate of drug-likeness (QED) is 0.851. The molecule has 2 N–H and O–H groups in total. The van der Waals surface area contributed by atoms with E-state index in [1.54, 1.807) is 13.0 Å². The van der Waals surface area contributed by atoms with Gasteiger partial charge in [-0.3, -0.25) is 9.69 Å². The number of benzene rings is 1. The Hall–Kier alpha value is -2.18. The normalized spacial score (nSPS) is 19.3. The molecule has 1 aromatic heterocycles. The van der Waals surface area contributed by atoms with E-state index in [0.29, 0.717) is 24.5 Å². The van der Waals surface area contributed by atoms with Crippen LogP contribution in [-0.2, 0) is 4.79 Å². The minimum absolute atomic E-state index is 0.107. The van der Waals surface area contributed by atoms with Gasteiger partial charge in [0.1, 0.15) is 5.76 Å². The fourth-order valence-corrected chi connectivity index (χ4v) is 3.23. The van der Waals surface area contributed by atoms with Gasteiger partial charge < -0.3 is 14.9 Å². The average molecular weight is 329 g/mol. The first kappa shape index (κ1) is 16.7. The van der Waals surface area contributed by atoms with E-state index in [9.17, 15) is 9.90 Å². The minimum atomic E-state index is -0.502. The van der Waals surface area contributed by atoms with Crippen molar-refractivity contribution in [2.75, 3.05) is 18.4 Å². The zero-order valence-corrected chi connectivity index (χ0v) is 13.8. The third kappa shape index (κ3) is 4.21. The second kappa shape index (κ2) is 7.59. The van der Waals surface area contributed by atoms with Crippen LogP contribution in [0.3, 0.4) is 0 Å². The van der Waals surface area contributed by atoms with Crippen molar-refractivity contribution < 1.29 is 14.4 Å². The van der Waals surface area contributed by atoms with Crippen molar-refractivity contribution in [3.8, 4) is 0 Å². The highest BCUT2D eigenvalue weighted by molar-refractivity contribution is 5.91. The minimum Gasteiger partial charge on any atom is -0.388 e. The highest BCUT2D eigenvalue weighted by Gasteiger charge is 2.28. The Morgan fingerprint density at radius 1 is 1.46 bits per heavy atom. The molecule has 1 aromatic carbocycles. The van der Waals surface area contributed by atoms with E-state index >= 15 is 0 Å². The van der Waals surface area contributed by atoms with Gasteiger partial charge in [-0.1, -0.05) is 35.5 Å². The van der Waals surface area contributed by atoms with Crippen LogP contribution in [0.25, 0.3) is 0 Å². The van der Waals surface area contributed by atoms with E-state index in [4.69, 9.17) is 4.52 Å². The van der Waals surface area contributed by atoms with Crippen LogP contribution < -0.4 is 5.32 Å². The van der Waals surface area contributed by atoms with E-state index in [1.807, 2.05) is 30.3 Å². The zero-order chi connectivity index (χ0) is 16.9. The molecule has 2 heterocycles. The fraction of sp³-hybridized carbons (Fsp3) is 0.444. The Labute approximate surface area is 141 Å². The molecule has 128 valence electrons. The number of carbonyl (C=O) groups is 1. The van der Waals surface area contributed by atoms with E-state index < -0.39 is 6.10 Å². The van der Waals surface area contributed by atoms with Crippen molar-refractivity contribution in [3.63, 3.8) is 0 Å². The molecule has 6 heteroatoms. The monoisotopic (exact) mass is 329 g/mol. The predicted molar refractivity (Wildman–Crippen MR) is 90.5 cm³/mol. The molecule has 0 radical (unpaired) electrons. The molecular formula is C18H23N3O3. The standard InChI is InChI=1S/C18H23N3O3/c1-13-10-17(20-24-13)19-18(23)12-21-9-5-8-15(21)11-16(22)14-6-3-2-4-7-14/h2-4,6-7,10,15-16,22H,5,8-9,11-12H2,1H3,(H,19,20,23)/t15-,16-/m1/s1. The molecular weight excluding hydrogens is 306 g/mol. The number of aliphatic hydroxyl groups is 1. The van der Waals surface area contributed by atoms with Crippen LogP contribution in [0.15, 0.2) is 40.9 Å². The average Bonchev–Trinajstić information content (AvgIpc) is 3.17. The topological polar surface area (TPSA) is 78.6 Å². The van der Waals surface area contributed by atoms with Gasteiger partial charge >= 0.3 is 0 Å². The van der Waals surface area contributed by atoms with Gasteiger partial charge in [0.2, 0.25) is 5.91 Å². The number of aliphatic hydroxyl groups excluding tert-OH is 1. The van der Waals surface area contributed by atoms with Gasteiger partial charge in [-0.15, -0.1) is 0 Å². The summed E-state index contributed by atoms with van der Waals surface area (Å²) in [5.74, 6) is 0.998. The summed E-state index contributed by atoms with van der Waals surface area (Å²) in [6, 6.07) is 11.6. The molecule has 1 fully saturated rings. The SMILES string of the molecule is Cc1cc(NC(=O)CN2CCC[C@@H]2C[C@@H](O)c2ccccc2)no1. The molecule has 2 atom stereocenters. The molecule has 0 spiro atoms. The molecule has 1 saturated heterocycles. The molecule has 2 aromatic rings. The Bertz CT molecular complexity index is 671. The van der Waals surface area contributed by atoms with Crippen LogP contribution in [0.2, 0.25) is 0 Å². The van der Waals surface area contributed by atoms with Crippen LogP contribution in [0, 0.1) is 6.92 Å². The molecule has 1 aliphatic heterocycles. The summed E-state index contributed by atoms with van der Waals surface area (Å²) in [7, 11) is 0. The van der Waals surface area contributed by atoms with Crippen molar-refractivity contribution in [2.24, 2.45) is 0 Å². The third-order valence-corrected chi connectivity index (χ3v) is 4.42. The summed E-state index contributed by atoms with van der Waals surface area (Å²) < 4.78 is 4.95. The number of nitrogens with one attached hydrogen (secondary N) is 1. The largest absolute Gasteiger partial charge is 0.388 e. The number of carbonyl (C=O) groups excluding carboxylic acids is 1. The predicted octanol–water partition coefficient (Wildman–Crippen LogP) is 2.51. The number of rotatable bonds is 6. The number of anilines is 1. The maximum absolute atomic E-state index is 12.2. The molecule has 0 aliphatic carbocycles. The van der Waals surface area contributed by atoms with Crippen molar-refractivity contribution >= 4 is 11.7 Å². The first-order valence-electron chi connectivity index (χ1n) is 8.32. The number of hydrogen-bond acceptors (Lipinski definition) is 5. The van der Waals surface area contributed by atoms with Crippen molar-refractivity contribution in [1.82, 2.24) is 10.1 Å². The second-order valence-electron chi connectivity index (χ2n) is 6.30. The smallest absolute Gasteiger partial charge is 0.239 e. The fourth-order valence-electron chi connectivity index (χ4n) is 3.23. The number of likely N-dealkylation sites (tertiary alicyclic amines) is 1. The van der Waals surface area contributed by atoms with Gasteiger partial charge in [-0.25, -0.2) is 0 Å². The maximum atomic E-state index is 12.2. The molecule has 0 saturated carbocycles. The summed E-state index contributed by atoms with van der Waals surface area (Å²) >= 11 is 0. The molecule has 6 nitrogen and oxygen atoms in total. The summed E-state index contributed by atoms with van der Waals surface area (Å²) in [5, 5.41) is 16.9. The zero-order valence-electron chi connectivity index (χ0n) is 13.8. The second-order valence-corrected chi connectivity index (χ2v) is 6.30. The Kier molecular flexibility index (Phi) is 5.27. The summed E-state index contributed by atoms with van der Waals surface area (Å²) in [6.45, 7) is 2.96. The Morgan fingerprint density at radius 3 is 2.96 bits per heavy atom. The van der Waals surface area contributed by atoms with Gasteiger partial charge in [-0.2, -0.15) is 0 Å². The van der Waals surface area contributed by atoms with Gasteiger partial charge in [-0.05, 0) is 38.3 Å². The van der Waals surface area contributed by atoms with E-state index in [1.165, 1.54) is 0 Å². The van der Waals surface area contributed by atoms with E-state index in [2.05, 4.69) is 15.4 Å². The molecule has 3 rings (SSSR count). The first-order valence-corrected chi connectivity index (χ1v) is 8.32. The summed E-state index contributed by atoms with van der Waals surface area (Å²) in [5.41, 5.74) is 0.923. The molecule has 1 aliphatic rings. The Morgan fingerprint density at radius 2 is 2.25 bits per heavy atom. The van der Waals surface area contributed by atoms with E-state index in [-0.39, 0.29) is 11.9 Å². The van der Waals surface area contributed by atoms with Crippen LogP contribution in [0.4, 0.5) is 5.82 Å². The summed E-state index contributed by atoms with van der Waals surface area (Å²) in [4.78, 5) is 14.3. The Balaban J connectivity index is 1.54. The lowest BCUT2D eigenvalue weighted by atomic mass is 10.0. The number of amides is 1. The number of aromatic nitrogens is 1. The van der Waals surface area contributed by atoms with E-state index in [0.717, 1.165) is 24.9 Å². The van der Waals surface area contributed by atoms with Crippen molar-refractivity contribution in [3.05, 3.63) is 47.7 Å². The molecule has 0 bridgehead atoms. The highest BCUT2D eigenvalue weighted by atomic mass is 16.5. The van der Waals surface area contributed by atoms with Gasteiger partial charge in [0.15, 0.2) is 5.82 Å². The highest BCUT2D eigenvalue weighted by Crippen LogP contribution is 2.27. The van der Waals surface area contributed by atoms with Crippen LogP contribution >= 0.6 is 0 Å². The first-order chi connectivity index (χ1) is 11.6. The lowest BCUT2D eigenvalue weighted by molar-refractivity contribution is -0.117. The number of hydrogen-bond donors (Lipinski definition) is 2.